The van der Waals surface area contributed by atoms with Gasteiger partial charge in [-0.3, -0.25) is 4.79 Å². The number of alkyl halides is 3. The molecule has 0 aliphatic rings. The van der Waals surface area contributed by atoms with Crippen molar-refractivity contribution in [3.8, 4) is 16.9 Å². The molecule has 170 valence electrons. The maximum Gasteiger partial charge on any atom is 0.416 e. The first-order valence-corrected chi connectivity index (χ1v) is 11.2. The molecule has 0 saturated carbocycles. The monoisotopic (exact) mass is 464 g/mol. The molecule has 1 unspecified atom stereocenters. The lowest BCUT2D eigenvalue weighted by molar-refractivity contribution is -0.139. The second-order valence-corrected chi connectivity index (χ2v) is 8.20. The van der Waals surface area contributed by atoms with E-state index >= 15 is 0 Å². The first-order valence-electron chi connectivity index (χ1n) is 9.52. The lowest BCUT2D eigenvalue weighted by atomic mass is 9.89. The van der Waals surface area contributed by atoms with E-state index in [0.717, 1.165) is 6.07 Å². The summed E-state index contributed by atoms with van der Waals surface area (Å²) in [5, 5.41) is 9.13. The minimum Gasteiger partial charge on any atom is -0.616 e. The molecule has 0 aliphatic heterocycles. The van der Waals surface area contributed by atoms with Gasteiger partial charge in [-0.15, -0.1) is 0 Å². The van der Waals surface area contributed by atoms with Gasteiger partial charge < -0.3 is 14.4 Å². The van der Waals surface area contributed by atoms with E-state index in [1.54, 1.807) is 30.3 Å². The molecule has 0 fully saturated rings. The maximum atomic E-state index is 13.5. The van der Waals surface area contributed by atoms with Crippen molar-refractivity contribution in [1.82, 2.24) is 0 Å². The summed E-state index contributed by atoms with van der Waals surface area (Å²) >= 11 is -1.49. The van der Waals surface area contributed by atoms with Gasteiger partial charge in [0.25, 0.3) is 0 Å². The zero-order valence-electron chi connectivity index (χ0n) is 17.6. The fourth-order valence-electron chi connectivity index (χ4n) is 3.19. The SMILES string of the molecule is COc1cc(C(F)(F)F)c(CC(=O)O)c(C[S+](C)[O-])c1-c1ccccc1.c1ccccc1. The van der Waals surface area contributed by atoms with E-state index in [-0.39, 0.29) is 22.6 Å². The van der Waals surface area contributed by atoms with E-state index < -0.39 is 35.3 Å². The van der Waals surface area contributed by atoms with Crippen LogP contribution in [0.2, 0.25) is 0 Å². The van der Waals surface area contributed by atoms with Gasteiger partial charge in [-0.25, -0.2) is 0 Å². The first-order chi connectivity index (χ1) is 15.1. The third-order valence-corrected chi connectivity index (χ3v) is 5.14. The molecular formula is C24H23F3O4S. The number of carbonyl (C=O) groups is 1. The summed E-state index contributed by atoms with van der Waals surface area (Å²) in [7, 11) is 1.24. The molecule has 0 aliphatic carbocycles. The van der Waals surface area contributed by atoms with Gasteiger partial charge in [0.15, 0.2) is 0 Å². The molecule has 3 aromatic carbocycles. The van der Waals surface area contributed by atoms with Crippen LogP contribution in [-0.2, 0) is 34.3 Å². The Morgan fingerprint density at radius 2 is 1.50 bits per heavy atom. The highest BCUT2D eigenvalue weighted by atomic mass is 32.2. The lowest BCUT2D eigenvalue weighted by Crippen LogP contribution is -2.18. The highest BCUT2D eigenvalue weighted by Gasteiger charge is 2.37. The molecule has 0 amide bonds. The maximum absolute atomic E-state index is 13.5. The Balaban J connectivity index is 0.000000520. The van der Waals surface area contributed by atoms with E-state index in [0.29, 0.717) is 11.1 Å². The Labute approximate surface area is 187 Å². The fourth-order valence-corrected chi connectivity index (χ4v) is 3.91. The van der Waals surface area contributed by atoms with Crippen molar-refractivity contribution >= 4 is 17.1 Å². The molecule has 0 saturated heterocycles. The van der Waals surface area contributed by atoms with Crippen LogP contribution < -0.4 is 4.74 Å². The zero-order chi connectivity index (χ0) is 23.7. The molecule has 1 atom stereocenters. The number of benzene rings is 3. The minimum absolute atomic E-state index is 0.0434. The van der Waals surface area contributed by atoms with Gasteiger partial charge in [0, 0.05) is 11.1 Å². The second-order valence-electron chi connectivity index (χ2n) is 6.77. The Morgan fingerprint density at radius 3 is 1.91 bits per heavy atom. The number of carboxylic acids is 1. The van der Waals surface area contributed by atoms with E-state index in [2.05, 4.69) is 0 Å². The summed E-state index contributed by atoms with van der Waals surface area (Å²) in [6.45, 7) is 0. The van der Waals surface area contributed by atoms with Crippen LogP contribution in [-0.4, -0.2) is 29.0 Å². The topological polar surface area (TPSA) is 69.6 Å². The molecule has 0 radical (unpaired) electrons. The number of aliphatic carboxylic acids is 1. The molecule has 8 heteroatoms. The van der Waals surface area contributed by atoms with Crippen molar-refractivity contribution in [2.24, 2.45) is 0 Å². The van der Waals surface area contributed by atoms with Crippen LogP contribution in [0.4, 0.5) is 13.2 Å². The van der Waals surface area contributed by atoms with Gasteiger partial charge in [-0.2, -0.15) is 13.2 Å². The summed E-state index contributed by atoms with van der Waals surface area (Å²) in [6, 6.07) is 21.3. The molecule has 4 nitrogen and oxygen atoms in total. The average Bonchev–Trinajstić information content (AvgIpc) is 2.75. The minimum atomic E-state index is -4.77. The number of methoxy groups -OCH3 is 1. The molecule has 0 bridgehead atoms. The summed E-state index contributed by atoms with van der Waals surface area (Å²) < 4.78 is 57.6. The quantitative estimate of drug-likeness (QED) is 0.484. The van der Waals surface area contributed by atoms with E-state index in [1.165, 1.54) is 13.4 Å². The average molecular weight is 465 g/mol. The van der Waals surface area contributed by atoms with Crippen LogP contribution in [0.25, 0.3) is 11.1 Å². The number of ether oxygens (including phenoxy) is 1. The van der Waals surface area contributed by atoms with Crippen molar-refractivity contribution in [1.29, 1.82) is 0 Å². The predicted octanol–water partition coefficient (Wildman–Crippen LogP) is 5.57. The third-order valence-electron chi connectivity index (χ3n) is 4.44. The van der Waals surface area contributed by atoms with Crippen molar-refractivity contribution in [3.05, 3.63) is 89.5 Å². The number of rotatable bonds is 6. The highest BCUT2D eigenvalue weighted by Crippen LogP contribution is 2.43. The number of carboxylic acid groups (broad SMARTS) is 1. The normalized spacial score (nSPS) is 11.8. The number of hydrogen-bond donors (Lipinski definition) is 1. The Hall–Kier alpha value is -2.97. The van der Waals surface area contributed by atoms with Crippen molar-refractivity contribution in [2.45, 2.75) is 18.3 Å². The van der Waals surface area contributed by atoms with Crippen molar-refractivity contribution in [3.63, 3.8) is 0 Å². The van der Waals surface area contributed by atoms with Crippen LogP contribution in [0.1, 0.15) is 16.7 Å². The molecule has 3 rings (SSSR count). The summed E-state index contributed by atoms with van der Waals surface area (Å²) in [5.74, 6) is -1.66. The van der Waals surface area contributed by atoms with E-state index in [4.69, 9.17) is 9.84 Å². The second kappa shape index (κ2) is 11.6. The van der Waals surface area contributed by atoms with Gasteiger partial charge in [-0.1, -0.05) is 77.9 Å². The van der Waals surface area contributed by atoms with Gasteiger partial charge in [0.2, 0.25) is 0 Å². The largest absolute Gasteiger partial charge is 0.616 e. The zero-order valence-corrected chi connectivity index (χ0v) is 18.4. The Kier molecular flexibility index (Phi) is 9.16. The number of halogens is 3. The highest BCUT2D eigenvalue weighted by molar-refractivity contribution is 7.89. The van der Waals surface area contributed by atoms with Gasteiger partial charge >= 0.3 is 12.1 Å². The Bertz CT molecular complexity index is 981. The van der Waals surface area contributed by atoms with Gasteiger partial charge in [-0.05, 0) is 17.2 Å². The third kappa shape index (κ3) is 7.03. The van der Waals surface area contributed by atoms with Crippen LogP contribution in [0.3, 0.4) is 0 Å². The van der Waals surface area contributed by atoms with Gasteiger partial charge in [0.05, 0.1) is 25.3 Å². The molecule has 0 aromatic heterocycles. The molecule has 32 heavy (non-hydrogen) atoms. The molecule has 0 spiro atoms. The van der Waals surface area contributed by atoms with E-state index in [9.17, 15) is 22.5 Å². The standard InChI is InChI=1S/C18H17F3O4S.C6H6/c1-25-15-9-14(18(19,20)21)12(8-16(22)23)13(10-26(2)24)17(15)11-6-4-3-5-7-11;1-2-4-6-5-3-1/h3-7,9H,8,10H2,1-2H3,(H,22,23);1-6H. The van der Waals surface area contributed by atoms with Crippen LogP contribution in [0.15, 0.2) is 72.8 Å². The fraction of sp³-hybridized carbons (Fsp3) is 0.208. The molecule has 1 N–H and O–H groups in total. The molecule has 0 heterocycles. The Morgan fingerprint density at radius 1 is 1.00 bits per heavy atom. The number of hydrogen-bond acceptors (Lipinski definition) is 3. The summed E-state index contributed by atoms with van der Waals surface area (Å²) in [6.07, 6.45) is -4.24. The summed E-state index contributed by atoms with van der Waals surface area (Å²) in [4.78, 5) is 11.2. The predicted molar refractivity (Wildman–Crippen MR) is 119 cm³/mol. The van der Waals surface area contributed by atoms with Gasteiger partial charge in [0.1, 0.15) is 11.5 Å². The van der Waals surface area contributed by atoms with Crippen molar-refractivity contribution < 1.29 is 32.4 Å². The smallest absolute Gasteiger partial charge is 0.416 e. The van der Waals surface area contributed by atoms with Crippen LogP contribution in [0, 0.1) is 0 Å². The summed E-state index contributed by atoms with van der Waals surface area (Å²) in [5.41, 5.74) is -0.513. The molecular weight excluding hydrogens is 441 g/mol. The van der Waals surface area contributed by atoms with Crippen LogP contribution in [0.5, 0.6) is 5.75 Å². The van der Waals surface area contributed by atoms with E-state index in [1.807, 2.05) is 36.4 Å². The van der Waals surface area contributed by atoms with Crippen LogP contribution >= 0.6 is 0 Å². The first kappa shape index (κ1) is 25.3. The molecule has 3 aromatic rings. The lowest BCUT2D eigenvalue weighted by Gasteiger charge is -2.22. The van der Waals surface area contributed by atoms with Crippen molar-refractivity contribution in [2.75, 3.05) is 13.4 Å².